The summed E-state index contributed by atoms with van der Waals surface area (Å²) >= 11 is 0. The molecule has 0 saturated carbocycles. The highest BCUT2D eigenvalue weighted by Crippen LogP contribution is 2.47. The molecule has 2 aromatic carbocycles. The third-order valence-corrected chi connectivity index (χ3v) is 5.43. The molecule has 2 heteroatoms. The van der Waals surface area contributed by atoms with Crippen molar-refractivity contribution in [1.82, 2.24) is 4.90 Å². The van der Waals surface area contributed by atoms with Crippen molar-refractivity contribution in [3.05, 3.63) is 70.8 Å². The highest BCUT2D eigenvalue weighted by molar-refractivity contribution is 5.42. The largest absolute Gasteiger partial charge is 0.384 e. The molecule has 2 atom stereocenters. The molecule has 114 valence electrons. The van der Waals surface area contributed by atoms with E-state index in [1.54, 1.807) is 0 Å². The van der Waals surface area contributed by atoms with E-state index in [1.165, 1.54) is 16.7 Å². The number of benzene rings is 2. The summed E-state index contributed by atoms with van der Waals surface area (Å²) in [4.78, 5) is 2.34. The average molecular weight is 293 g/mol. The molecule has 0 aromatic heterocycles. The van der Waals surface area contributed by atoms with Gasteiger partial charge in [0.25, 0.3) is 0 Å². The zero-order chi connectivity index (χ0) is 15.2. The van der Waals surface area contributed by atoms with E-state index in [9.17, 15) is 5.11 Å². The van der Waals surface area contributed by atoms with Crippen LogP contribution >= 0.6 is 0 Å². The van der Waals surface area contributed by atoms with Crippen LogP contribution in [-0.4, -0.2) is 23.6 Å². The van der Waals surface area contributed by atoms with Gasteiger partial charge in [0.2, 0.25) is 0 Å². The monoisotopic (exact) mass is 293 g/mol. The molecule has 1 heterocycles. The maximum atomic E-state index is 11.7. The Balaban J connectivity index is 1.85. The lowest BCUT2D eigenvalue weighted by Crippen LogP contribution is -2.44. The first-order valence-corrected chi connectivity index (χ1v) is 8.25. The van der Waals surface area contributed by atoms with E-state index in [-0.39, 0.29) is 5.92 Å². The Morgan fingerprint density at radius 1 is 1.05 bits per heavy atom. The van der Waals surface area contributed by atoms with Crippen molar-refractivity contribution in [2.24, 2.45) is 0 Å². The summed E-state index contributed by atoms with van der Waals surface area (Å²) in [5, 5.41) is 11.7. The van der Waals surface area contributed by atoms with Crippen LogP contribution in [-0.2, 0) is 18.6 Å². The molecule has 0 bridgehead atoms. The number of fused-ring (bicyclic) bond motifs is 2. The highest BCUT2D eigenvalue weighted by Gasteiger charge is 2.44. The number of likely N-dealkylation sites (N-methyl/N-ethyl adjacent to an activating group) is 1. The van der Waals surface area contributed by atoms with Gasteiger partial charge in [-0.3, -0.25) is 0 Å². The fraction of sp³-hybridized carbons (Fsp3) is 0.400. The molecular formula is C20H23NO. The summed E-state index contributed by atoms with van der Waals surface area (Å²) in [5.41, 5.74) is 4.43. The van der Waals surface area contributed by atoms with Gasteiger partial charge in [-0.1, -0.05) is 48.5 Å². The third kappa shape index (κ3) is 2.10. The predicted molar refractivity (Wildman–Crippen MR) is 88.8 cm³/mol. The minimum Gasteiger partial charge on any atom is -0.384 e. The van der Waals surface area contributed by atoms with Gasteiger partial charge in [-0.05, 0) is 48.6 Å². The molecule has 1 N–H and O–H groups in total. The Hall–Kier alpha value is -1.64. The van der Waals surface area contributed by atoms with Gasteiger partial charge in [0.1, 0.15) is 0 Å². The fourth-order valence-electron chi connectivity index (χ4n) is 4.40. The van der Waals surface area contributed by atoms with Crippen LogP contribution in [0.1, 0.15) is 41.0 Å². The molecule has 1 aliphatic heterocycles. The van der Waals surface area contributed by atoms with Gasteiger partial charge in [0.05, 0.1) is 5.60 Å². The standard InChI is InChI=1S/C20H23NO/c1-21-13-16-8-2-4-10-17(16)19(14-21)20(22)12-6-9-15-7-3-5-11-18(15)20/h2-5,7-8,10-11,19,22H,6,9,12-14H2,1H3. The van der Waals surface area contributed by atoms with Crippen LogP contribution < -0.4 is 0 Å². The van der Waals surface area contributed by atoms with E-state index in [1.807, 2.05) is 0 Å². The Morgan fingerprint density at radius 3 is 2.64 bits per heavy atom. The Labute approximate surface area is 132 Å². The van der Waals surface area contributed by atoms with Crippen molar-refractivity contribution >= 4 is 0 Å². The van der Waals surface area contributed by atoms with Gasteiger partial charge in [-0.15, -0.1) is 0 Å². The van der Waals surface area contributed by atoms with Gasteiger partial charge in [0.15, 0.2) is 0 Å². The first kappa shape index (κ1) is 14.0. The van der Waals surface area contributed by atoms with Crippen LogP contribution in [0.25, 0.3) is 0 Å². The summed E-state index contributed by atoms with van der Waals surface area (Å²) in [6.45, 7) is 1.90. The number of aliphatic hydroxyl groups is 1. The average Bonchev–Trinajstić information content (AvgIpc) is 2.54. The lowest BCUT2D eigenvalue weighted by molar-refractivity contribution is -0.0229. The van der Waals surface area contributed by atoms with E-state index in [2.05, 4.69) is 60.5 Å². The molecule has 0 saturated heterocycles. The molecule has 0 spiro atoms. The van der Waals surface area contributed by atoms with Crippen molar-refractivity contribution < 1.29 is 5.11 Å². The first-order chi connectivity index (χ1) is 10.7. The second-order valence-electron chi connectivity index (χ2n) is 6.88. The zero-order valence-corrected chi connectivity index (χ0v) is 13.1. The number of hydrogen-bond donors (Lipinski definition) is 1. The zero-order valence-electron chi connectivity index (χ0n) is 13.1. The second-order valence-corrected chi connectivity index (χ2v) is 6.88. The number of rotatable bonds is 1. The van der Waals surface area contributed by atoms with Crippen molar-refractivity contribution in [3.8, 4) is 0 Å². The van der Waals surface area contributed by atoms with Gasteiger partial charge >= 0.3 is 0 Å². The Kier molecular flexibility index (Phi) is 3.32. The van der Waals surface area contributed by atoms with Crippen LogP contribution in [0.5, 0.6) is 0 Å². The molecule has 2 aliphatic rings. The molecule has 22 heavy (non-hydrogen) atoms. The van der Waals surface area contributed by atoms with Crippen LogP contribution in [0.2, 0.25) is 0 Å². The lowest BCUT2D eigenvalue weighted by Gasteiger charge is -2.45. The van der Waals surface area contributed by atoms with E-state index in [4.69, 9.17) is 0 Å². The third-order valence-electron chi connectivity index (χ3n) is 5.43. The molecule has 2 nitrogen and oxygen atoms in total. The normalized spacial score (nSPS) is 28.0. The van der Waals surface area contributed by atoms with Crippen molar-refractivity contribution in [2.45, 2.75) is 37.3 Å². The van der Waals surface area contributed by atoms with Crippen LogP contribution in [0, 0.1) is 0 Å². The molecule has 1 aliphatic carbocycles. The quantitative estimate of drug-likeness (QED) is 0.870. The van der Waals surface area contributed by atoms with Crippen LogP contribution in [0.4, 0.5) is 0 Å². The van der Waals surface area contributed by atoms with E-state index >= 15 is 0 Å². The van der Waals surface area contributed by atoms with Crippen molar-refractivity contribution in [1.29, 1.82) is 0 Å². The maximum Gasteiger partial charge on any atom is 0.0979 e. The Bertz CT molecular complexity index is 696. The molecular weight excluding hydrogens is 270 g/mol. The number of nitrogens with zero attached hydrogens (tertiary/aromatic N) is 1. The molecule has 0 amide bonds. The first-order valence-electron chi connectivity index (χ1n) is 8.25. The molecule has 2 aromatic rings. The molecule has 4 rings (SSSR count). The highest BCUT2D eigenvalue weighted by atomic mass is 16.3. The summed E-state index contributed by atoms with van der Waals surface area (Å²) in [5.74, 6) is 0.156. The van der Waals surface area contributed by atoms with E-state index < -0.39 is 5.60 Å². The smallest absolute Gasteiger partial charge is 0.0979 e. The minimum atomic E-state index is -0.736. The van der Waals surface area contributed by atoms with E-state index in [0.717, 1.165) is 37.9 Å². The summed E-state index contributed by atoms with van der Waals surface area (Å²) in [6, 6.07) is 17.1. The topological polar surface area (TPSA) is 23.5 Å². The second kappa shape index (κ2) is 5.22. The van der Waals surface area contributed by atoms with Gasteiger partial charge in [-0.25, -0.2) is 0 Å². The SMILES string of the molecule is CN1Cc2ccccc2C(C2(O)CCCc3ccccc32)C1. The summed E-state index contributed by atoms with van der Waals surface area (Å²) in [6.07, 6.45) is 3.01. The maximum absolute atomic E-state index is 11.7. The van der Waals surface area contributed by atoms with Crippen molar-refractivity contribution in [3.63, 3.8) is 0 Å². The van der Waals surface area contributed by atoms with Crippen LogP contribution in [0.3, 0.4) is 0 Å². The van der Waals surface area contributed by atoms with Crippen LogP contribution in [0.15, 0.2) is 48.5 Å². The lowest BCUT2D eigenvalue weighted by atomic mass is 9.68. The summed E-state index contributed by atoms with van der Waals surface area (Å²) < 4.78 is 0. The van der Waals surface area contributed by atoms with Crippen molar-refractivity contribution in [2.75, 3.05) is 13.6 Å². The molecule has 0 radical (unpaired) electrons. The summed E-state index contributed by atoms with van der Waals surface area (Å²) in [7, 11) is 2.15. The number of hydrogen-bond acceptors (Lipinski definition) is 2. The fourth-order valence-corrected chi connectivity index (χ4v) is 4.40. The van der Waals surface area contributed by atoms with E-state index in [0.29, 0.717) is 0 Å². The Morgan fingerprint density at radius 2 is 1.77 bits per heavy atom. The minimum absolute atomic E-state index is 0.156. The number of aryl methyl sites for hydroxylation is 1. The van der Waals surface area contributed by atoms with Gasteiger partial charge < -0.3 is 10.0 Å². The van der Waals surface area contributed by atoms with Gasteiger partial charge in [0, 0.05) is 19.0 Å². The molecule has 2 unspecified atom stereocenters. The molecule has 0 fully saturated rings. The predicted octanol–water partition coefficient (Wildman–Crippen LogP) is 3.44. The van der Waals surface area contributed by atoms with Gasteiger partial charge in [-0.2, -0.15) is 0 Å².